The summed E-state index contributed by atoms with van der Waals surface area (Å²) in [7, 11) is -2.68. The summed E-state index contributed by atoms with van der Waals surface area (Å²) in [6, 6.07) is 7.55. The zero-order valence-electron chi connectivity index (χ0n) is 15.1. The van der Waals surface area contributed by atoms with Crippen molar-refractivity contribution in [1.82, 2.24) is 14.4 Å². The van der Waals surface area contributed by atoms with Crippen LogP contribution in [-0.2, 0) is 16.1 Å². The predicted molar refractivity (Wildman–Crippen MR) is 103 cm³/mol. The van der Waals surface area contributed by atoms with Gasteiger partial charge in [-0.05, 0) is 37.5 Å². The molecule has 6 nitrogen and oxygen atoms in total. The third-order valence-corrected chi connectivity index (χ3v) is 6.16. The van der Waals surface area contributed by atoms with Crippen LogP contribution in [0, 0.1) is 11.7 Å². The van der Waals surface area contributed by atoms with Crippen LogP contribution in [0.5, 0.6) is 0 Å². The van der Waals surface area contributed by atoms with E-state index in [-0.39, 0.29) is 0 Å². The van der Waals surface area contributed by atoms with Gasteiger partial charge in [0, 0.05) is 54.3 Å². The summed E-state index contributed by atoms with van der Waals surface area (Å²) in [4.78, 5) is 12.0. The van der Waals surface area contributed by atoms with Crippen molar-refractivity contribution in [2.24, 2.45) is 0 Å². The van der Waals surface area contributed by atoms with Crippen LogP contribution < -0.4 is 4.90 Å². The van der Waals surface area contributed by atoms with Gasteiger partial charge in [-0.2, -0.15) is 0 Å². The van der Waals surface area contributed by atoms with Crippen LogP contribution >= 0.6 is 0 Å². The Morgan fingerprint density at radius 2 is 1.88 bits per heavy atom. The monoisotopic (exact) mass is 369 g/mol. The fourth-order valence-electron chi connectivity index (χ4n) is 3.62. The first-order chi connectivity index (χ1) is 12.4. The fourth-order valence-corrected chi connectivity index (χ4v) is 4.27. The topological polar surface area (TPSA) is 74.3 Å². The summed E-state index contributed by atoms with van der Waals surface area (Å²) in [5, 5.41) is 0. The molecule has 1 aliphatic rings. The second-order valence-corrected chi connectivity index (χ2v) is 9.11. The molecule has 2 aromatic heterocycles. The number of hydrogen-bond acceptors (Lipinski definition) is 5. The molecule has 0 aliphatic carbocycles. The van der Waals surface area contributed by atoms with Crippen molar-refractivity contribution in [3.05, 3.63) is 53.5 Å². The maximum absolute atomic E-state index is 11.9. The SMILES string of the molecule is Cc1nc2nccn2c(N2CCCC2)c1Cc1ccc(S(C)(=N)=O)cc1. The molecule has 1 unspecified atom stereocenters. The smallest absolute Gasteiger partial charge is 0.235 e. The number of fused-ring (bicyclic) bond motifs is 1. The van der Waals surface area contributed by atoms with E-state index in [2.05, 4.69) is 19.3 Å². The largest absolute Gasteiger partial charge is 0.357 e. The minimum absolute atomic E-state index is 0.570. The van der Waals surface area contributed by atoms with E-state index in [4.69, 9.17) is 4.78 Å². The lowest BCUT2D eigenvalue weighted by atomic mass is 10.0. The van der Waals surface area contributed by atoms with Crippen molar-refractivity contribution in [2.75, 3.05) is 24.2 Å². The number of aromatic nitrogens is 3. The molecule has 3 aromatic rings. The number of benzene rings is 1. The number of imidazole rings is 1. The van der Waals surface area contributed by atoms with Crippen molar-refractivity contribution in [3.63, 3.8) is 0 Å². The summed E-state index contributed by atoms with van der Waals surface area (Å²) >= 11 is 0. The molecule has 0 spiro atoms. The van der Waals surface area contributed by atoms with Crippen LogP contribution in [0.2, 0.25) is 0 Å². The second kappa shape index (κ2) is 6.39. The molecule has 1 atom stereocenters. The van der Waals surface area contributed by atoms with E-state index in [9.17, 15) is 4.21 Å². The van der Waals surface area contributed by atoms with E-state index in [1.165, 1.54) is 30.5 Å². The standard InChI is InChI=1S/C19H23N5OS/c1-14-17(13-15-5-7-16(8-6-15)26(2,20)25)18(23-10-3-4-11-23)24-12-9-21-19(24)22-14/h5-9,12,20H,3-4,10-11,13H2,1-2H3. The average molecular weight is 369 g/mol. The van der Waals surface area contributed by atoms with Gasteiger partial charge in [0.15, 0.2) is 0 Å². The molecule has 26 heavy (non-hydrogen) atoms. The molecular formula is C19H23N5OS. The molecule has 4 rings (SSSR count). The Bertz CT molecular complexity index is 1050. The Morgan fingerprint density at radius 3 is 2.54 bits per heavy atom. The minimum atomic E-state index is -2.68. The van der Waals surface area contributed by atoms with Crippen molar-refractivity contribution in [1.29, 1.82) is 4.78 Å². The van der Waals surface area contributed by atoms with Gasteiger partial charge < -0.3 is 4.90 Å². The minimum Gasteiger partial charge on any atom is -0.357 e. The van der Waals surface area contributed by atoms with Gasteiger partial charge in [0.25, 0.3) is 0 Å². The number of nitrogens with one attached hydrogen (secondary N) is 1. The number of nitrogens with zero attached hydrogens (tertiary/aromatic N) is 4. The van der Waals surface area contributed by atoms with Crippen molar-refractivity contribution < 1.29 is 4.21 Å². The molecule has 1 saturated heterocycles. The molecule has 7 heteroatoms. The summed E-state index contributed by atoms with van der Waals surface area (Å²) in [5.41, 5.74) is 3.32. The highest BCUT2D eigenvalue weighted by Crippen LogP contribution is 2.29. The Labute approximate surface area is 153 Å². The first-order valence-corrected chi connectivity index (χ1v) is 10.8. The molecule has 1 aliphatic heterocycles. The van der Waals surface area contributed by atoms with Crippen LogP contribution in [0.15, 0.2) is 41.6 Å². The maximum atomic E-state index is 11.9. The van der Waals surface area contributed by atoms with Gasteiger partial charge in [0.1, 0.15) is 5.82 Å². The van der Waals surface area contributed by atoms with Crippen molar-refractivity contribution in [3.8, 4) is 0 Å². The first kappa shape index (κ1) is 17.0. The van der Waals surface area contributed by atoms with Gasteiger partial charge in [-0.1, -0.05) is 12.1 Å². The molecule has 0 bridgehead atoms. The molecule has 3 heterocycles. The number of rotatable bonds is 4. The van der Waals surface area contributed by atoms with Gasteiger partial charge in [0.05, 0.1) is 9.73 Å². The van der Waals surface area contributed by atoms with Gasteiger partial charge >= 0.3 is 0 Å². The Morgan fingerprint density at radius 1 is 1.19 bits per heavy atom. The van der Waals surface area contributed by atoms with E-state index >= 15 is 0 Å². The lowest BCUT2D eigenvalue weighted by Gasteiger charge is -2.24. The summed E-state index contributed by atoms with van der Waals surface area (Å²) in [5.74, 6) is 1.93. The molecule has 136 valence electrons. The summed E-state index contributed by atoms with van der Waals surface area (Å²) < 4.78 is 21.7. The second-order valence-electron chi connectivity index (χ2n) is 6.96. The van der Waals surface area contributed by atoms with Crippen LogP contribution in [0.4, 0.5) is 5.82 Å². The number of aryl methyl sites for hydroxylation is 1. The molecule has 1 aromatic carbocycles. The van der Waals surface area contributed by atoms with E-state index in [1.54, 1.807) is 18.3 Å². The van der Waals surface area contributed by atoms with Gasteiger partial charge in [0.2, 0.25) is 5.78 Å². The molecule has 0 saturated carbocycles. The molecule has 0 radical (unpaired) electrons. The van der Waals surface area contributed by atoms with Gasteiger partial charge in [-0.3, -0.25) is 4.40 Å². The molecular weight excluding hydrogens is 346 g/mol. The first-order valence-electron chi connectivity index (χ1n) is 8.84. The zero-order valence-corrected chi connectivity index (χ0v) is 15.9. The highest BCUT2D eigenvalue weighted by molar-refractivity contribution is 7.91. The van der Waals surface area contributed by atoms with Crippen LogP contribution in [-0.4, -0.2) is 37.9 Å². The quantitative estimate of drug-likeness (QED) is 0.766. The third-order valence-electron chi connectivity index (χ3n) is 4.98. The fraction of sp³-hybridized carbons (Fsp3) is 0.368. The third kappa shape index (κ3) is 3.07. The van der Waals surface area contributed by atoms with Crippen molar-refractivity contribution in [2.45, 2.75) is 31.1 Å². The molecule has 0 amide bonds. The van der Waals surface area contributed by atoms with E-state index in [0.717, 1.165) is 36.5 Å². The zero-order chi connectivity index (χ0) is 18.3. The normalized spacial score (nSPS) is 16.9. The van der Waals surface area contributed by atoms with Crippen LogP contribution in [0.3, 0.4) is 0 Å². The summed E-state index contributed by atoms with van der Waals surface area (Å²) in [6.45, 7) is 4.15. The maximum Gasteiger partial charge on any atom is 0.235 e. The van der Waals surface area contributed by atoms with Gasteiger partial charge in [-0.25, -0.2) is 19.0 Å². The predicted octanol–water partition coefficient (Wildman–Crippen LogP) is 3.26. The Balaban J connectivity index is 1.78. The highest BCUT2D eigenvalue weighted by Gasteiger charge is 2.22. The molecule has 1 fully saturated rings. The van der Waals surface area contributed by atoms with E-state index in [1.807, 2.05) is 25.3 Å². The average Bonchev–Trinajstić information content (AvgIpc) is 3.26. The molecule has 1 N–H and O–H groups in total. The lowest BCUT2D eigenvalue weighted by molar-refractivity contribution is 0.679. The Kier molecular flexibility index (Phi) is 4.19. The van der Waals surface area contributed by atoms with E-state index < -0.39 is 9.73 Å². The Hall–Kier alpha value is -2.41. The van der Waals surface area contributed by atoms with Crippen LogP contribution in [0.25, 0.3) is 5.78 Å². The van der Waals surface area contributed by atoms with Crippen LogP contribution in [0.1, 0.15) is 29.7 Å². The van der Waals surface area contributed by atoms with Crippen molar-refractivity contribution >= 4 is 21.3 Å². The summed E-state index contributed by atoms with van der Waals surface area (Å²) in [6.07, 6.45) is 8.40. The number of anilines is 1. The number of hydrogen-bond donors (Lipinski definition) is 1. The van der Waals surface area contributed by atoms with E-state index in [0.29, 0.717) is 4.90 Å². The highest BCUT2D eigenvalue weighted by atomic mass is 32.2. The van der Waals surface area contributed by atoms with Gasteiger partial charge in [-0.15, -0.1) is 0 Å². The lowest BCUT2D eigenvalue weighted by Crippen LogP contribution is -2.23.